The zero-order chi connectivity index (χ0) is 55.8. The summed E-state index contributed by atoms with van der Waals surface area (Å²) in [4.78, 5) is 0. The van der Waals surface area contributed by atoms with Gasteiger partial charge in [0.15, 0.2) is 0 Å². The molecule has 8 aromatic rings. The molecule has 0 radical (unpaired) electrons. The lowest BCUT2D eigenvalue weighted by atomic mass is 9.58. The molecule has 0 heterocycles. The van der Waals surface area contributed by atoms with Crippen LogP contribution in [0.15, 0.2) is 103 Å². The number of hydrogen-bond acceptors (Lipinski definition) is 0. The normalized spacial score (nSPS) is 14.6. The fourth-order valence-corrected chi connectivity index (χ4v) is 14.1. The highest BCUT2D eigenvalue weighted by Crippen LogP contribution is 2.63. The average molecular weight is 1020 g/mol. The largest absolute Gasteiger partial charge is 0.0622 e. The molecular weight excluding hydrogens is 925 g/mol. The minimum atomic E-state index is -0.339. The van der Waals surface area contributed by atoms with Crippen molar-refractivity contribution in [2.24, 2.45) is 0 Å². The first-order valence-corrected chi connectivity index (χ1v) is 30.1. The summed E-state index contributed by atoms with van der Waals surface area (Å²) in [5.74, 6) is 3.47. The Bertz CT molecular complexity index is 3380. The fraction of sp³-hybridized carbons (Fsp3) is 0.429. The second-order valence-electron chi connectivity index (χ2n) is 27.8. The standard InChI is InChI=1S/C77H92/c1-40(2)50-28-56(43(7)8)69(57(29-50)44(9)10)53-34-62-68(49-26-24-23-25-27-49)63-35-54(70-58(45(11)12)30-51(41(3)4)31-59(70)46(13)14)37-65-73(63)75-72(62)64(36-53)76(19,20)66-38-55(39-67(74(66)75)77(65,21)22)71-60(47(15)16)32-52(42(5)6)33-61(71)48(17)18/h23-48H,1-22H3. The molecule has 77 heavy (non-hydrogen) atoms. The molecule has 0 unspecified atom stereocenters. The van der Waals surface area contributed by atoms with Crippen LogP contribution in [0.4, 0.5) is 0 Å². The van der Waals surface area contributed by atoms with E-state index in [1.54, 1.807) is 0 Å². The molecule has 0 bridgehead atoms. The Balaban J connectivity index is 1.48. The Morgan fingerprint density at radius 2 is 0.519 bits per heavy atom. The fourth-order valence-electron chi connectivity index (χ4n) is 14.1. The topological polar surface area (TPSA) is 0 Å². The van der Waals surface area contributed by atoms with Gasteiger partial charge in [0.25, 0.3) is 0 Å². The summed E-state index contributed by atoms with van der Waals surface area (Å²) in [6.07, 6.45) is 0. The number of benzene rings is 8. The molecule has 0 N–H and O–H groups in total. The van der Waals surface area contributed by atoms with E-state index < -0.39 is 0 Å². The van der Waals surface area contributed by atoms with E-state index in [1.807, 2.05) is 0 Å². The molecule has 8 aromatic carbocycles. The molecule has 2 aliphatic carbocycles. The maximum atomic E-state index is 2.69. The van der Waals surface area contributed by atoms with Gasteiger partial charge in [-0.15, -0.1) is 0 Å². The van der Waals surface area contributed by atoms with Crippen molar-refractivity contribution >= 4 is 21.5 Å². The molecule has 0 atom stereocenters. The Hall–Kier alpha value is -5.72. The van der Waals surface area contributed by atoms with Crippen molar-refractivity contribution in [1.82, 2.24) is 0 Å². The second-order valence-corrected chi connectivity index (χ2v) is 27.8. The van der Waals surface area contributed by atoms with Crippen LogP contribution >= 0.6 is 0 Å². The van der Waals surface area contributed by atoms with Gasteiger partial charge >= 0.3 is 0 Å². The molecule has 0 aliphatic heterocycles. The molecule has 0 saturated carbocycles. The molecule has 0 heteroatoms. The minimum absolute atomic E-state index is 0.339. The minimum Gasteiger partial charge on any atom is -0.0622 e. The molecule has 2 aliphatic rings. The molecule has 0 aromatic heterocycles. The van der Waals surface area contributed by atoms with Crippen molar-refractivity contribution in [3.8, 4) is 55.6 Å². The highest BCUT2D eigenvalue weighted by atomic mass is 14.5. The summed E-state index contributed by atoms with van der Waals surface area (Å²) in [5.41, 5.74) is 32.1. The van der Waals surface area contributed by atoms with Crippen LogP contribution < -0.4 is 0 Å². The van der Waals surface area contributed by atoms with Crippen LogP contribution in [0.3, 0.4) is 0 Å². The maximum Gasteiger partial charge on any atom is 0.0159 e. The Labute approximate surface area is 466 Å². The Morgan fingerprint density at radius 3 is 0.792 bits per heavy atom. The van der Waals surface area contributed by atoms with Crippen molar-refractivity contribution in [2.45, 2.75) is 216 Å². The molecule has 0 amide bonds. The van der Waals surface area contributed by atoms with Crippen molar-refractivity contribution in [1.29, 1.82) is 0 Å². The van der Waals surface area contributed by atoms with Gasteiger partial charge in [-0.3, -0.25) is 0 Å². The highest BCUT2D eigenvalue weighted by molar-refractivity contribution is 6.27. The number of hydrogen-bond donors (Lipinski definition) is 0. The van der Waals surface area contributed by atoms with Gasteiger partial charge in [0.1, 0.15) is 0 Å². The van der Waals surface area contributed by atoms with E-state index in [0.29, 0.717) is 53.3 Å². The van der Waals surface area contributed by atoms with Gasteiger partial charge in [0.2, 0.25) is 0 Å². The summed E-state index contributed by atoms with van der Waals surface area (Å²) in [6, 6.07) is 42.9. The molecule has 10 rings (SSSR count). The van der Waals surface area contributed by atoms with Gasteiger partial charge < -0.3 is 0 Å². The molecule has 400 valence electrons. The number of rotatable bonds is 13. The monoisotopic (exact) mass is 1020 g/mol. The van der Waals surface area contributed by atoms with Gasteiger partial charge in [-0.1, -0.05) is 219 Å². The SMILES string of the molecule is CC(C)c1cc(C(C)C)c(-c2cc3c4c(c2)C(C)(C)c2cc(-c5c(C(C)C)cc(C(C)C)cc5C(C)C)cc5c(-c6ccccc6)c6cc(-c7c(C(C)C)cc(C(C)C)cc7C(C)C)cc(c6c-4c25)C3(C)C)c(C(C)C)c1. The summed E-state index contributed by atoms with van der Waals surface area (Å²) in [7, 11) is 0. The lowest BCUT2D eigenvalue weighted by Gasteiger charge is -2.45. The van der Waals surface area contributed by atoms with Gasteiger partial charge in [-0.2, -0.15) is 0 Å². The van der Waals surface area contributed by atoms with Gasteiger partial charge in [-0.05, 0) is 239 Å². The van der Waals surface area contributed by atoms with E-state index in [9.17, 15) is 0 Å². The van der Waals surface area contributed by atoms with E-state index in [4.69, 9.17) is 0 Å². The van der Waals surface area contributed by atoms with Gasteiger partial charge in [-0.25, -0.2) is 0 Å². The van der Waals surface area contributed by atoms with Crippen LogP contribution in [0.5, 0.6) is 0 Å². The first-order valence-electron chi connectivity index (χ1n) is 30.1. The lowest BCUT2D eigenvalue weighted by molar-refractivity contribution is 0.619. The van der Waals surface area contributed by atoms with Crippen LogP contribution in [0.2, 0.25) is 0 Å². The zero-order valence-corrected chi connectivity index (χ0v) is 51.5. The first-order chi connectivity index (χ1) is 36.2. The molecule has 0 saturated heterocycles. The van der Waals surface area contributed by atoms with Crippen LogP contribution in [0.25, 0.3) is 77.2 Å². The van der Waals surface area contributed by atoms with Crippen LogP contribution in [-0.2, 0) is 10.8 Å². The van der Waals surface area contributed by atoms with E-state index in [1.165, 1.54) is 150 Å². The van der Waals surface area contributed by atoms with Crippen molar-refractivity contribution < 1.29 is 0 Å². The average Bonchev–Trinajstić information content (AvgIpc) is 3.50. The van der Waals surface area contributed by atoms with E-state index in [2.05, 4.69) is 255 Å². The third-order valence-corrected chi connectivity index (χ3v) is 18.7. The van der Waals surface area contributed by atoms with Crippen LogP contribution in [0, 0.1) is 0 Å². The summed E-state index contributed by atoms with van der Waals surface area (Å²) in [6.45, 7) is 53.4. The third kappa shape index (κ3) is 8.68. The van der Waals surface area contributed by atoms with Crippen molar-refractivity contribution in [3.05, 3.63) is 175 Å². The van der Waals surface area contributed by atoms with Gasteiger partial charge in [0, 0.05) is 10.8 Å². The molecule has 0 fully saturated rings. The predicted octanol–water partition coefficient (Wildman–Crippen LogP) is 23.7. The van der Waals surface area contributed by atoms with Crippen LogP contribution in [0.1, 0.15) is 278 Å². The summed E-state index contributed by atoms with van der Waals surface area (Å²) in [5, 5.41) is 5.62. The Kier molecular flexibility index (Phi) is 13.9. The molecule has 0 nitrogen and oxygen atoms in total. The van der Waals surface area contributed by atoms with E-state index >= 15 is 0 Å². The van der Waals surface area contributed by atoms with E-state index in [-0.39, 0.29) is 10.8 Å². The quantitative estimate of drug-likeness (QED) is 0.101. The predicted molar refractivity (Wildman–Crippen MR) is 340 cm³/mol. The van der Waals surface area contributed by atoms with Crippen molar-refractivity contribution in [3.63, 3.8) is 0 Å². The second kappa shape index (κ2) is 19.6. The zero-order valence-electron chi connectivity index (χ0n) is 51.5. The highest BCUT2D eigenvalue weighted by Gasteiger charge is 2.45. The smallest absolute Gasteiger partial charge is 0.0159 e. The van der Waals surface area contributed by atoms with Crippen LogP contribution in [-0.4, -0.2) is 0 Å². The summed E-state index contributed by atoms with van der Waals surface area (Å²) >= 11 is 0. The first kappa shape index (κ1) is 54.6. The van der Waals surface area contributed by atoms with Gasteiger partial charge in [0.05, 0.1) is 0 Å². The van der Waals surface area contributed by atoms with Crippen molar-refractivity contribution in [2.75, 3.05) is 0 Å². The summed E-state index contributed by atoms with van der Waals surface area (Å²) < 4.78 is 0. The third-order valence-electron chi connectivity index (χ3n) is 18.7. The maximum absolute atomic E-state index is 2.69. The molecule has 0 spiro atoms. The molecular formula is C77H92. The van der Waals surface area contributed by atoms with E-state index in [0.717, 1.165) is 0 Å². The Morgan fingerprint density at radius 1 is 0.247 bits per heavy atom. The lowest BCUT2D eigenvalue weighted by Crippen LogP contribution is -2.31.